The molecular weight excluding hydrogens is 236 g/mol. The Balaban J connectivity index is 2.10. The van der Waals surface area contributed by atoms with E-state index in [0.29, 0.717) is 5.56 Å². The van der Waals surface area contributed by atoms with Crippen LogP contribution in [0.1, 0.15) is 15.9 Å². The number of hydrogen-bond acceptors (Lipinski definition) is 3. The van der Waals surface area contributed by atoms with Gasteiger partial charge in [-0.3, -0.25) is 9.78 Å². The fraction of sp³-hybridized carbons (Fsp3) is 0.125. The second-order valence-electron chi connectivity index (χ2n) is 4.42. The van der Waals surface area contributed by atoms with Gasteiger partial charge in [-0.25, -0.2) is 0 Å². The Bertz CT molecular complexity index is 571. The second kappa shape index (κ2) is 5.96. The summed E-state index contributed by atoms with van der Waals surface area (Å²) in [5, 5.41) is 0. The van der Waals surface area contributed by atoms with E-state index in [-0.39, 0.29) is 5.78 Å². The molecule has 0 spiro atoms. The summed E-state index contributed by atoms with van der Waals surface area (Å²) in [5.41, 5.74) is 2.74. The van der Waals surface area contributed by atoms with Crippen molar-refractivity contribution in [3.05, 3.63) is 66.0 Å². The number of hydrogen-bond donors (Lipinski definition) is 0. The summed E-state index contributed by atoms with van der Waals surface area (Å²) in [6, 6.07) is 11.3. The number of rotatable bonds is 4. The molecule has 0 unspecified atom stereocenters. The molecule has 0 saturated heterocycles. The third-order valence-corrected chi connectivity index (χ3v) is 2.80. The van der Waals surface area contributed by atoms with E-state index in [4.69, 9.17) is 0 Å². The van der Waals surface area contributed by atoms with Crippen LogP contribution in [-0.2, 0) is 0 Å². The van der Waals surface area contributed by atoms with Crippen LogP contribution in [-0.4, -0.2) is 24.9 Å². The van der Waals surface area contributed by atoms with E-state index in [1.54, 1.807) is 24.5 Å². The van der Waals surface area contributed by atoms with Crippen molar-refractivity contribution in [1.82, 2.24) is 4.98 Å². The quantitative estimate of drug-likeness (QED) is 0.619. The molecule has 3 heteroatoms. The summed E-state index contributed by atoms with van der Waals surface area (Å²) in [6.45, 7) is 0. The molecule has 0 N–H and O–H groups in total. The van der Waals surface area contributed by atoms with Gasteiger partial charge < -0.3 is 4.90 Å². The first kappa shape index (κ1) is 13.0. The molecule has 0 aliphatic carbocycles. The molecule has 96 valence electrons. The lowest BCUT2D eigenvalue weighted by molar-refractivity contribution is 0.104. The smallest absolute Gasteiger partial charge is 0.185 e. The molecule has 0 fully saturated rings. The Morgan fingerprint density at radius 1 is 1.05 bits per heavy atom. The minimum atomic E-state index is 0.00196. The lowest BCUT2D eigenvalue weighted by atomic mass is 10.1. The fourth-order valence-corrected chi connectivity index (χ4v) is 1.67. The highest BCUT2D eigenvalue weighted by atomic mass is 16.1. The highest BCUT2D eigenvalue weighted by Crippen LogP contribution is 2.13. The molecule has 0 saturated carbocycles. The van der Waals surface area contributed by atoms with Crippen LogP contribution in [0.4, 0.5) is 5.69 Å². The van der Waals surface area contributed by atoms with Gasteiger partial charge in [0.1, 0.15) is 0 Å². The molecule has 3 nitrogen and oxygen atoms in total. The van der Waals surface area contributed by atoms with Gasteiger partial charge >= 0.3 is 0 Å². The molecule has 0 amide bonds. The average molecular weight is 252 g/mol. The molecule has 0 radical (unpaired) electrons. The van der Waals surface area contributed by atoms with E-state index in [1.165, 1.54) is 0 Å². The number of ketones is 1. The maximum atomic E-state index is 12.0. The van der Waals surface area contributed by atoms with Crippen molar-refractivity contribution in [3.63, 3.8) is 0 Å². The van der Waals surface area contributed by atoms with Crippen molar-refractivity contribution in [1.29, 1.82) is 0 Å². The first-order chi connectivity index (χ1) is 9.16. The lowest BCUT2D eigenvalue weighted by Crippen LogP contribution is -2.08. The standard InChI is InChI=1S/C16H16N2O/c1-18(2)15-6-4-14(5-7-15)16(19)8-3-13-9-11-17-12-10-13/h3-12H,1-2H3/b8-3+. The largest absolute Gasteiger partial charge is 0.378 e. The van der Waals surface area contributed by atoms with Crippen molar-refractivity contribution in [2.75, 3.05) is 19.0 Å². The van der Waals surface area contributed by atoms with Gasteiger partial charge in [0.2, 0.25) is 0 Å². The van der Waals surface area contributed by atoms with E-state index < -0.39 is 0 Å². The fourth-order valence-electron chi connectivity index (χ4n) is 1.67. The van der Waals surface area contributed by atoms with E-state index in [1.807, 2.05) is 55.4 Å². The molecule has 0 bridgehead atoms. The maximum absolute atomic E-state index is 12.0. The van der Waals surface area contributed by atoms with Gasteiger partial charge in [-0.1, -0.05) is 6.08 Å². The number of nitrogens with zero attached hydrogens (tertiary/aromatic N) is 2. The van der Waals surface area contributed by atoms with Crippen LogP contribution in [0.25, 0.3) is 6.08 Å². The third-order valence-electron chi connectivity index (χ3n) is 2.80. The Morgan fingerprint density at radius 3 is 2.26 bits per heavy atom. The highest BCUT2D eigenvalue weighted by Gasteiger charge is 2.02. The van der Waals surface area contributed by atoms with Crippen molar-refractivity contribution in [3.8, 4) is 0 Å². The molecular formula is C16H16N2O. The first-order valence-electron chi connectivity index (χ1n) is 6.06. The normalized spacial score (nSPS) is 10.6. The summed E-state index contributed by atoms with van der Waals surface area (Å²) in [4.78, 5) is 17.9. The van der Waals surface area contributed by atoms with Crippen LogP contribution in [0.5, 0.6) is 0 Å². The molecule has 2 aromatic rings. The molecule has 0 atom stereocenters. The average Bonchev–Trinajstić information content (AvgIpc) is 2.46. The predicted molar refractivity (Wildman–Crippen MR) is 78.4 cm³/mol. The molecule has 19 heavy (non-hydrogen) atoms. The van der Waals surface area contributed by atoms with Crippen LogP contribution in [0.2, 0.25) is 0 Å². The molecule has 1 heterocycles. The zero-order valence-electron chi connectivity index (χ0n) is 11.1. The van der Waals surface area contributed by atoms with Crippen LogP contribution in [0, 0.1) is 0 Å². The summed E-state index contributed by atoms with van der Waals surface area (Å²) >= 11 is 0. The molecule has 1 aromatic heterocycles. The highest BCUT2D eigenvalue weighted by molar-refractivity contribution is 6.06. The van der Waals surface area contributed by atoms with E-state index in [0.717, 1.165) is 11.3 Å². The third kappa shape index (κ3) is 3.52. The lowest BCUT2D eigenvalue weighted by Gasteiger charge is -2.11. The van der Waals surface area contributed by atoms with Gasteiger partial charge in [0, 0.05) is 37.7 Å². The minimum Gasteiger partial charge on any atom is -0.378 e. The van der Waals surface area contributed by atoms with Crippen molar-refractivity contribution >= 4 is 17.5 Å². The van der Waals surface area contributed by atoms with Gasteiger partial charge in [-0.05, 0) is 48.0 Å². The van der Waals surface area contributed by atoms with Gasteiger partial charge in [0.05, 0.1) is 0 Å². The zero-order chi connectivity index (χ0) is 13.7. The van der Waals surface area contributed by atoms with Crippen molar-refractivity contribution in [2.45, 2.75) is 0 Å². The number of allylic oxidation sites excluding steroid dienone is 1. The van der Waals surface area contributed by atoms with Gasteiger partial charge in [0.15, 0.2) is 5.78 Å². The van der Waals surface area contributed by atoms with E-state index in [9.17, 15) is 4.79 Å². The SMILES string of the molecule is CN(C)c1ccc(C(=O)/C=C/c2ccncc2)cc1. The molecule has 2 rings (SSSR count). The van der Waals surface area contributed by atoms with Crippen LogP contribution >= 0.6 is 0 Å². The number of carbonyl (C=O) groups is 1. The molecule has 0 aliphatic heterocycles. The number of benzene rings is 1. The Morgan fingerprint density at radius 2 is 1.68 bits per heavy atom. The monoisotopic (exact) mass is 252 g/mol. The Kier molecular flexibility index (Phi) is 4.08. The number of aromatic nitrogens is 1. The summed E-state index contributed by atoms with van der Waals surface area (Å²) < 4.78 is 0. The second-order valence-corrected chi connectivity index (χ2v) is 4.42. The van der Waals surface area contributed by atoms with E-state index in [2.05, 4.69) is 4.98 Å². The minimum absolute atomic E-state index is 0.00196. The Labute approximate surface area is 113 Å². The van der Waals surface area contributed by atoms with Crippen molar-refractivity contribution < 1.29 is 4.79 Å². The topological polar surface area (TPSA) is 33.2 Å². The Hall–Kier alpha value is -2.42. The zero-order valence-corrected chi connectivity index (χ0v) is 11.1. The van der Waals surface area contributed by atoms with E-state index >= 15 is 0 Å². The number of carbonyl (C=O) groups excluding carboxylic acids is 1. The van der Waals surface area contributed by atoms with Gasteiger partial charge in [0.25, 0.3) is 0 Å². The number of anilines is 1. The molecule has 1 aromatic carbocycles. The number of pyridine rings is 1. The first-order valence-corrected chi connectivity index (χ1v) is 6.06. The summed E-state index contributed by atoms with van der Waals surface area (Å²) in [7, 11) is 3.94. The molecule has 0 aliphatic rings. The van der Waals surface area contributed by atoms with Crippen LogP contribution in [0.15, 0.2) is 54.9 Å². The predicted octanol–water partition coefficient (Wildman–Crippen LogP) is 3.04. The summed E-state index contributed by atoms with van der Waals surface area (Å²) in [6.07, 6.45) is 6.79. The van der Waals surface area contributed by atoms with Gasteiger partial charge in [-0.2, -0.15) is 0 Å². The van der Waals surface area contributed by atoms with Crippen LogP contribution in [0.3, 0.4) is 0 Å². The van der Waals surface area contributed by atoms with Crippen LogP contribution < -0.4 is 4.90 Å². The van der Waals surface area contributed by atoms with Crippen molar-refractivity contribution in [2.24, 2.45) is 0 Å². The van der Waals surface area contributed by atoms with Gasteiger partial charge in [-0.15, -0.1) is 0 Å². The summed E-state index contributed by atoms with van der Waals surface area (Å²) in [5.74, 6) is 0.00196. The maximum Gasteiger partial charge on any atom is 0.185 e.